The highest BCUT2D eigenvalue weighted by Gasteiger charge is 2.43. The van der Waals surface area contributed by atoms with Crippen LogP contribution in [0.25, 0.3) is 0 Å². The molecule has 0 aliphatic heterocycles. The number of halogens is 3. The van der Waals surface area contributed by atoms with Gasteiger partial charge in [-0.2, -0.15) is 13.2 Å². The van der Waals surface area contributed by atoms with Gasteiger partial charge in [0, 0.05) is 0 Å². The van der Waals surface area contributed by atoms with Crippen LogP contribution < -0.4 is 5.73 Å². The zero-order chi connectivity index (χ0) is 10.6. The minimum absolute atomic E-state index is 1.16. The highest BCUT2D eigenvalue weighted by molar-refractivity contribution is 5.78. The molecule has 0 spiro atoms. The Balaban J connectivity index is 3.92. The van der Waals surface area contributed by atoms with Crippen LogP contribution in [0.2, 0.25) is 0 Å². The fraction of sp³-hybridized carbons (Fsp3) is 0.600. The highest BCUT2D eigenvalue weighted by atomic mass is 19.4. The number of nitrogens with two attached hydrogens (primary N) is 1. The van der Waals surface area contributed by atoms with E-state index >= 15 is 0 Å². The molecule has 8 heteroatoms. The van der Waals surface area contributed by atoms with Crippen molar-refractivity contribution in [3.63, 3.8) is 0 Å². The zero-order valence-corrected chi connectivity index (χ0v) is 6.42. The maximum absolute atomic E-state index is 11.4. The molecule has 1 atom stereocenters. The molecule has 5 nitrogen and oxygen atoms in total. The van der Waals surface area contributed by atoms with Crippen LogP contribution in [0.1, 0.15) is 6.92 Å². The maximum atomic E-state index is 11.4. The minimum Gasteiger partial charge on any atom is -0.319 e. The highest BCUT2D eigenvalue weighted by Crippen LogP contribution is 2.16. The predicted octanol–water partition coefficient (Wildman–Crippen LogP) is -0.103. The molecular weight excluding hydrogens is 195 g/mol. The Labute approximate surface area is 70.5 Å². The van der Waals surface area contributed by atoms with E-state index in [1.54, 1.807) is 0 Å². The summed E-state index contributed by atoms with van der Waals surface area (Å²) in [5.41, 5.74) is 4.88. The van der Waals surface area contributed by atoms with E-state index in [1.807, 2.05) is 0 Å². The summed E-state index contributed by atoms with van der Waals surface area (Å²) in [6.45, 7) is 1.16. The van der Waals surface area contributed by atoms with Crippen molar-refractivity contribution in [2.75, 3.05) is 0 Å². The van der Waals surface area contributed by atoms with Crippen LogP contribution in [0.5, 0.6) is 0 Å². The zero-order valence-electron chi connectivity index (χ0n) is 6.42. The molecule has 0 radical (unpaired) electrons. The van der Waals surface area contributed by atoms with Crippen molar-refractivity contribution in [1.82, 2.24) is 0 Å². The number of carbonyl (C=O) groups is 2. The van der Waals surface area contributed by atoms with Gasteiger partial charge in [0.05, 0.1) is 0 Å². The van der Waals surface area contributed by atoms with Crippen molar-refractivity contribution in [3.05, 3.63) is 0 Å². The topological polar surface area (TPSA) is 78.6 Å². The van der Waals surface area contributed by atoms with E-state index in [9.17, 15) is 22.8 Å². The third kappa shape index (κ3) is 4.31. The second-order valence-corrected chi connectivity index (χ2v) is 2.06. The van der Waals surface area contributed by atoms with Gasteiger partial charge in [0.1, 0.15) is 6.04 Å². The summed E-state index contributed by atoms with van der Waals surface area (Å²) in [7, 11) is 0. The summed E-state index contributed by atoms with van der Waals surface area (Å²) in [5, 5.41) is 0. The lowest BCUT2D eigenvalue weighted by Crippen LogP contribution is -2.32. The molecule has 0 aliphatic rings. The monoisotopic (exact) mass is 201 g/mol. The molecule has 13 heavy (non-hydrogen) atoms. The van der Waals surface area contributed by atoms with E-state index in [0.29, 0.717) is 0 Å². The van der Waals surface area contributed by atoms with E-state index in [2.05, 4.69) is 9.78 Å². The third-order valence-corrected chi connectivity index (χ3v) is 0.803. The van der Waals surface area contributed by atoms with Gasteiger partial charge in [-0.25, -0.2) is 19.4 Å². The van der Waals surface area contributed by atoms with Crippen molar-refractivity contribution in [3.8, 4) is 0 Å². The largest absolute Gasteiger partial charge is 0.495 e. The van der Waals surface area contributed by atoms with Crippen LogP contribution in [0.3, 0.4) is 0 Å². The second kappa shape index (κ2) is 4.08. The first-order chi connectivity index (χ1) is 5.75. The molecule has 0 saturated carbocycles. The SMILES string of the molecule is CC(N)C(=O)OOC(=O)C(F)(F)F. The van der Waals surface area contributed by atoms with Crippen molar-refractivity contribution in [1.29, 1.82) is 0 Å². The summed E-state index contributed by atoms with van der Waals surface area (Å²) >= 11 is 0. The Morgan fingerprint density at radius 3 is 2.08 bits per heavy atom. The molecular formula is C5H6F3NO4. The van der Waals surface area contributed by atoms with Crippen molar-refractivity contribution >= 4 is 11.9 Å². The van der Waals surface area contributed by atoms with Crippen LogP contribution in [0.4, 0.5) is 13.2 Å². The summed E-state index contributed by atoms with van der Waals surface area (Å²) in [4.78, 5) is 26.9. The standard InChI is InChI=1S/C5H6F3NO4/c1-2(9)3(10)12-13-4(11)5(6,7)8/h2H,9H2,1H3. The first-order valence-electron chi connectivity index (χ1n) is 3.00. The third-order valence-electron chi connectivity index (χ3n) is 0.803. The number of carbonyl (C=O) groups excluding carboxylic acids is 2. The molecule has 0 fully saturated rings. The quantitative estimate of drug-likeness (QED) is 0.473. The molecule has 0 aromatic heterocycles. The lowest BCUT2D eigenvalue weighted by molar-refractivity contribution is -0.286. The van der Waals surface area contributed by atoms with Gasteiger partial charge in [0.25, 0.3) is 0 Å². The predicted molar refractivity (Wildman–Crippen MR) is 31.9 cm³/mol. The van der Waals surface area contributed by atoms with E-state index < -0.39 is 24.2 Å². The molecule has 0 aliphatic carbocycles. The maximum Gasteiger partial charge on any atom is 0.495 e. The summed E-state index contributed by atoms with van der Waals surface area (Å²) in [6, 6.07) is -1.17. The molecule has 0 amide bonds. The van der Waals surface area contributed by atoms with Gasteiger partial charge in [-0.05, 0) is 6.92 Å². The number of hydrogen-bond acceptors (Lipinski definition) is 5. The van der Waals surface area contributed by atoms with Crippen molar-refractivity contribution in [2.45, 2.75) is 19.1 Å². The van der Waals surface area contributed by atoms with Gasteiger partial charge in [-0.1, -0.05) is 0 Å². The van der Waals surface area contributed by atoms with Crippen LogP contribution in [0.15, 0.2) is 0 Å². The Bertz CT molecular complexity index is 212. The Hall–Kier alpha value is -1.31. The first-order valence-corrected chi connectivity index (χ1v) is 3.00. The average Bonchev–Trinajstić information content (AvgIpc) is 1.97. The van der Waals surface area contributed by atoms with Gasteiger partial charge in [0.15, 0.2) is 0 Å². The van der Waals surface area contributed by atoms with Crippen LogP contribution >= 0.6 is 0 Å². The molecule has 0 aromatic rings. The lowest BCUT2D eigenvalue weighted by atomic mass is 10.4. The van der Waals surface area contributed by atoms with Gasteiger partial charge in [0.2, 0.25) is 0 Å². The van der Waals surface area contributed by atoms with Gasteiger partial charge < -0.3 is 5.73 Å². The summed E-state index contributed by atoms with van der Waals surface area (Å²) in [5.74, 6) is -3.88. The van der Waals surface area contributed by atoms with Crippen molar-refractivity contribution in [2.24, 2.45) is 5.73 Å². The van der Waals surface area contributed by atoms with Crippen LogP contribution in [-0.4, -0.2) is 24.2 Å². The lowest BCUT2D eigenvalue weighted by Gasteiger charge is -2.06. The Morgan fingerprint density at radius 1 is 1.31 bits per heavy atom. The van der Waals surface area contributed by atoms with Gasteiger partial charge in [-0.3, -0.25) is 0 Å². The molecule has 0 bridgehead atoms. The Kier molecular flexibility index (Phi) is 3.67. The number of hydrogen-bond donors (Lipinski definition) is 1. The van der Waals surface area contributed by atoms with Gasteiger partial charge >= 0.3 is 18.1 Å². The van der Waals surface area contributed by atoms with Crippen LogP contribution in [-0.2, 0) is 19.4 Å². The van der Waals surface area contributed by atoms with E-state index in [0.717, 1.165) is 6.92 Å². The average molecular weight is 201 g/mol. The van der Waals surface area contributed by atoms with Crippen LogP contribution in [0, 0.1) is 0 Å². The Morgan fingerprint density at radius 2 is 1.77 bits per heavy atom. The van der Waals surface area contributed by atoms with Crippen molar-refractivity contribution < 1.29 is 32.5 Å². The number of rotatable bonds is 1. The molecule has 76 valence electrons. The molecule has 0 rings (SSSR count). The first kappa shape index (κ1) is 11.7. The van der Waals surface area contributed by atoms with Gasteiger partial charge in [-0.15, -0.1) is 0 Å². The summed E-state index contributed by atoms with van der Waals surface area (Å²) in [6.07, 6.45) is -5.20. The molecule has 0 heterocycles. The second-order valence-electron chi connectivity index (χ2n) is 2.06. The molecule has 1 unspecified atom stereocenters. The number of alkyl halides is 3. The molecule has 0 saturated heterocycles. The molecule has 2 N–H and O–H groups in total. The smallest absolute Gasteiger partial charge is 0.319 e. The fourth-order valence-electron chi connectivity index (χ4n) is 0.202. The van der Waals surface area contributed by atoms with E-state index in [-0.39, 0.29) is 0 Å². The van der Waals surface area contributed by atoms with E-state index in [4.69, 9.17) is 5.73 Å². The molecule has 0 aromatic carbocycles. The summed E-state index contributed by atoms with van der Waals surface area (Å²) < 4.78 is 34.2. The fourth-order valence-corrected chi connectivity index (χ4v) is 0.202. The van der Waals surface area contributed by atoms with E-state index in [1.165, 1.54) is 0 Å². The minimum atomic E-state index is -5.20. The normalized spacial score (nSPS) is 13.3.